The lowest BCUT2D eigenvalue weighted by Gasteiger charge is -2.10. The van der Waals surface area contributed by atoms with Crippen molar-refractivity contribution in [2.75, 3.05) is 0 Å². The average Bonchev–Trinajstić information content (AvgIpc) is 3.08. The predicted octanol–water partition coefficient (Wildman–Crippen LogP) is 5.36. The van der Waals surface area contributed by atoms with Gasteiger partial charge in [0, 0.05) is 27.9 Å². The molecule has 4 aromatic rings. The molecule has 6 heteroatoms. The van der Waals surface area contributed by atoms with Gasteiger partial charge in [-0.15, -0.1) is 0 Å². The molecule has 0 bridgehead atoms. The van der Waals surface area contributed by atoms with Gasteiger partial charge in [0.05, 0.1) is 0 Å². The van der Waals surface area contributed by atoms with Crippen LogP contribution in [0.25, 0.3) is 21.9 Å². The highest BCUT2D eigenvalue weighted by molar-refractivity contribution is 9.10. The van der Waals surface area contributed by atoms with Crippen LogP contribution in [-0.4, -0.2) is 5.91 Å². The summed E-state index contributed by atoms with van der Waals surface area (Å²) >= 11 is 3.40. The number of hydrogen-bond acceptors (Lipinski definition) is 4. The van der Waals surface area contributed by atoms with Crippen molar-refractivity contribution in [3.05, 3.63) is 80.3 Å². The number of fused-ring (bicyclic) bond motifs is 2. The maximum Gasteiger partial charge on any atom is 0.336 e. The Morgan fingerprint density at radius 2 is 1.82 bits per heavy atom. The number of carbonyl (C=O) groups is 1. The lowest BCUT2D eigenvalue weighted by atomic mass is 9.99. The first-order valence-corrected chi connectivity index (χ1v) is 9.74. The molecule has 28 heavy (non-hydrogen) atoms. The first-order chi connectivity index (χ1) is 13.4. The summed E-state index contributed by atoms with van der Waals surface area (Å²) in [5, 5.41) is 4.49. The molecule has 0 spiro atoms. The summed E-state index contributed by atoms with van der Waals surface area (Å²) in [4.78, 5) is 24.4. The van der Waals surface area contributed by atoms with Crippen molar-refractivity contribution in [2.24, 2.45) is 0 Å². The summed E-state index contributed by atoms with van der Waals surface area (Å²) < 4.78 is 11.8. The van der Waals surface area contributed by atoms with E-state index < -0.39 is 5.63 Å². The van der Waals surface area contributed by atoms with Crippen LogP contribution < -0.4 is 10.9 Å². The van der Waals surface area contributed by atoms with E-state index in [1.807, 2.05) is 24.3 Å². The number of amides is 1. The zero-order chi connectivity index (χ0) is 19.8. The van der Waals surface area contributed by atoms with Gasteiger partial charge in [0.1, 0.15) is 11.2 Å². The molecule has 0 aliphatic rings. The molecule has 2 aromatic heterocycles. The third-order valence-electron chi connectivity index (χ3n) is 4.66. The van der Waals surface area contributed by atoms with Gasteiger partial charge in [-0.05, 0) is 53.4 Å². The average molecular weight is 440 g/mol. The lowest BCUT2D eigenvalue weighted by molar-refractivity contribution is 0.0925. The molecule has 0 saturated heterocycles. The van der Waals surface area contributed by atoms with Crippen molar-refractivity contribution < 1.29 is 13.6 Å². The minimum absolute atomic E-state index is 0.198. The fraction of sp³-hybridized carbons (Fsp3) is 0.182. The maximum absolute atomic E-state index is 12.6. The summed E-state index contributed by atoms with van der Waals surface area (Å²) in [5.74, 6) is 0.227. The van der Waals surface area contributed by atoms with Gasteiger partial charge in [0.2, 0.25) is 0 Å². The Bertz CT molecular complexity index is 1250. The third kappa shape index (κ3) is 3.60. The SMILES string of the molecule is CC(C)c1ccc2oc(=O)cc(CNC(=O)c3cc4cc(Br)ccc4o3)c2c1. The first-order valence-electron chi connectivity index (χ1n) is 8.94. The maximum atomic E-state index is 12.6. The highest BCUT2D eigenvalue weighted by atomic mass is 79.9. The summed E-state index contributed by atoms with van der Waals surface area (Å²) in [6.45, 7) is 4.40. The quantitative estimate of drug-likeness (QED) is 0.434. The zero-order valence-corrected chi connectivity index (χ0v) is 17.0. The molecule has 0 fully saturated rings. The van der Waals surface area contributed by atoms with Crippen molar-refractivity contribution in [3.63, 3.8) is 0 Å². The van der Waals surface area contributed by atoms with Gasteiger partial charge in [-0.2, -0.15) is 0 Å². The monoisotopic (exact) mass is 439 g/mol. The molecule has 0 radical (unpaired) electrons. The summed E-state index contributed by atoms with van der Waals surface area (Å²) in [6, 6.07) is 14.4. The van der Waals surface area contributed by atoms with Crippen molar-refractivity contribution in [2.45, 2.75) is 26.3 Å². The van der Waals surface area contributed by atoms with E-state index in [-0.39, 0.29) is 18.2 Å². The van der Waals surface area contributed by atoms with E-state index in [0.29, 0.717) is 22.6 Å². The molecule has 1 N–H and O–H groups in total. The lowest BCUT2D eigenvalue weighted by Crippen LogP contribution is -2.23. The summed E-state index contributed by atoms with van der Waals surface area (Å²) in [6.07, 6.45) is 0. The van der Waals surface area contributed by atoms with E-state index in [0.717, 1.165) is 20.8 Å². The van der Waals surface area contributed by atoms with Crippen LogP contribution in [0, 0.1) is 0 Å². The van der Waals surface area contributed by atoms with Crippen molar-refractivity contribution >= 4 is 43.8 Å². The molecular formula is C22H18BrNO4. The van der Waals surface area contributed by atoms with E-state index >= 15 is 0 Å². The second kappa shape index (κ2) is 7.28. The van der Waals surface area contributed by atoms with Gasteiger partial charge in [0.15, 0.2) is 5.76 Å². The van der Waals surface area contributed by atoms with Gasteiger partial charge in [-0.25, -0.2) is 4.79 Å². The van der Waals surface area contributed by atoms with Crippen molar-refractivity contribution in [3.8, 4) is 0 Å². The Morgan fingerprint density at radius 3 is 2.61 bits per heavy atom. The molecule has 0 saturated carbocycles. The van der Waals surface area contributed by atoms with Crippen LogP contribution in [0.2, 0.25) is 0 Å². The number of nitrogens with one attached hydrogen (secondary N) is 1. The first kappa shape index (κ1) is 18.5. The largest absolute Gasteiger partial charge is 0.451 e. The minimum atomic E-state index is -0.442. The highest BCUT2D eigenvalue weighted by Crippen LogP contribution is 2.25. The second-order valence-corrected chi connectivity index (χ2v) is 7.89. The molecule has 0 atom stereocenters. The molecule has 2 heterocycles. The molecule has 5 nitrogen and oxygen atoms in total. The number of halogens is 1. The Hall–Kier alpha value is -2.86. The normalized spacial score (nSPS) is 11.4. The molecule has 0 aliphatic heterocycles. The smallest absolute Gasteiger partial charge is 0.336 e. The number of hydrogen-bond donors (Lipinski definition) is 1. The standard InChI is InChI=1S/C22H18BrNO4/c1-12(2)13-3-5-19-17(8-13)15(10-21(25)28-19)11-24-22(26)20-9-14-7-16(23)4-6-18(14)27-20/h3-10,12H,11H2,1-2H3,(H,24,26). The number of rotatable bonds is 4. The molecule has 0 unspecified atom stereocenters. The van der Waals surface area contributed by atoms with Crippen LogP contribution in [0.15, 0.2) is 66.6 Å². The van der Waals surface area contributed by atoms with Gasteiger partial charge in [-0.3, -0.25) is 4.79 Å². The second-order valence-electron chi connectivity index (χ2n) is 6.98. The Kier molecular flexibility index (Phi) is 4.81. The topological polar surface area (TPSA) is 72.5 Å². The van der Waals surface area contributed by atoms with Crippen LogP contribution >= 0.6 is 15.9 Å². The third-order valence-corrected chi connectivity index (χ3v) is 5.15. The van der Waals surface area contributed by atoms with E-state index in [2.05, 4.69) is 35.1 Å². The fourth-order valence-corrected chi connectivity index (χ4v) is 3.52. The number of benzene rings is 2. The Morgan fingerprint density at radius 1 is 1.04 bits per heavy atom. The molecule has 0 aliphatic carbocycles. The van der Waals surface area contributed by atoms with Gasteiger partial charge in [0.25, 0.3) is 5.91 Å². The summed E-state index contributed by atoms with van der Waals surface area (Å²) in [7, 11) is 0. The molecule has 142 valence electrons. The van der Waals surface area contributed by atoms with E-state index in [4.69, 9.17) is 8.83 Å². The van der Waals surface area contributed by atoms with Gasteiger partial charge in [-0.1, -0.05) is 35.8 Å². The molecular weight excluding hydrogens is 422 g/mol. The van der Waals surface area contributed by atoms with Crippen LogP contribution in [0.4, 0.5) is 0 Å². The molecule has 2 aromatic carbocycles. The minimum Gasteiger partial charge on any atom is -0.451 e. The van der Waals surface area contributed by atoms with E-state index in [1.54, 1.807) is 18.2 Å². The highest BCUT2D eigenvalue weighted by Gasteiger charge is 2.14. The van der Waals surface area contributed by atoms with Crippen LogP contribution in [-0.2, 0) is 6.54 Å². The Balaban J connectivity index is 1.62. The van der Waals surface area contributed by atoms with Crippen molar-refractivity contribution in [1.82, 2.24) is 5.32 Å². The zero-order valence-electron chi connectivity index (χ0n) is 15.4. The van der Waals surface area contributed by atoms with E-state index in [9.17, 15) is 9.59 Å². The Labute approximate surface area is 169 Å². The van der Waals surface area contributed by atoms with Crippen LogP contribution in [0.1, 0.15) is 41.4 Å². The van der Waals surface area contributed by atoms with Gasteiger partial charge >= 0.3 is 5.63 Å². The van der Waals surface area contributed by atoms with E-state index in [1.165, 1.54) is 6.07 Å². The molecule has 4 rings (SSSR count). The number of carbonyl (C=O) groups excluding carboxylic acids is 1. The number of furan rings is 1. The fourth-order valence-electron chi connectivity index (χ4n) is 3.14. The van der Waals surface area contributed by atoms with Crippen LogP contribution in [0.5, 0.6) is 0 Å². The van der Waals surface area contributed by atoms with Gasteiger partial charge < -0.3 is 14.2 Å². The van der Waals surface area contributed by atoms with Crippen LogP contribution in [0.3, 0.4) is 0 Å². The summed E-state index contributed by atoms with van der Waals surface area (Å²) in [5.41, 5.74) is 2.55. The molecule has 1 amide bonds. The van der Waals surface area contributed by atoms with Crippen molar-refractivity contribution in [1.29, 1.82) is 0 Å². The predicted molar refractivity (Wildman–Crippen MR) is 112 cm³/mol.